The lowest BCUT2D eigenvalue weighted by Gasteiger charge is -2.11. The number of aliphatic hydroxyl groups is 1. The van der Waals surface area contributed by atoms with E-state index in [0.29, 0.717) is 5.75 Å². The van der Waals surface area contributed by atoms with Crippen molar-refractivity contribution in [2.75, 3.05) is 5.75 Å². The molecule has 0 radical (unpaired) electrons. The van der Waals surface area contributed by atoms with Gasteiger partial charge in [0.2, 0.25) is 0 Å². The van der Waals surface area contributed by atoms with Crippen molar-refractivity contribution in [3.63, 3.8) is 0 Å². The Balaban J connectivity index is 1.90. The number of rotatable bonds is 5. The second-order valence-corrected chi connectivity index (χ2v) is 5.31. The van der Waals surface area contributed by atoms with E-state index in [0.717, 1.165) is 23.1 Å². The third-order valence-electron chi connectivity index (χ3n) is 2.65. The topological polar surface area (TPSA) is 20.2 Å². The molecule has 4 heteroatoms. The second-order valence-electron chi connectivity index (χ2n) is 4.22. The van der Waals surface area contributed by atoms with Crippen molar-refractivity contribution >= 4 is 11.8 Å². The molecule has 1 atom stereocenters. The fraction of sp³-hybridized carbons (Fsp3) is 0.200. The van der Waals surface area contributed by atoms with Crippen LogP contribution in [0.5, 0.6) is 0 Å². The van der Waals surface area contributed by atoms with Crippen LogP contribution < -0.4 is 0 Å². The molecule has 2 rings (SSSR count). The van der Waals surface area contributed by atoms with Crippen molar-refractivity contribution < 1.29 is 13.9 Å². The molecular weight excluding hydrogens is 266 g/mol. The van der Waals surface area contributed by atoms with E-state index in [2.05, 4.69) is 0 Å². The quantitative estimate of drug-likeness (QED) is 0.843. The summed E-state index contributed by atoms with van der Waals surface area (Å²) in [5.41, 5.74) is 0.209. The largest absolute Gasteiger partial charge is 0.392 e. The van der Waals surface area contributed by atoms with Crippen LogP contribution in [0, 0.1) is 11.6 Å². The van der Waals surface area contributed by atoms with E-state index < -0.39 is 17.7 Å². The van der Waals surface area contributed by atoms with Crippen LogP contribution in [0.3, 0.4) is 0 Å². The van der Waals surface area contributed by atoms with Gasteiger partial charge in [-0.1, -0.05) is 18.2 Å². The van der Waals surface area contributed by atoms with Gasteiger partial charge in [0.15, 0.2) is 0 Å². The Bertz CT molecular complexity index is 531. The fourth-order valence-electron chi connectivity index (χ4n) is 1.72. The number of benzene rings is 2. The van der Waals surface area contributed by atoms with Crippen LogP contribution in [-0.2, 0) is 6.42 Å². The van der Waals surface area contributed by atoms with Crippen LogP contribution in [0.4, 0.5) is 8.78 Å². The van der Waals surface area contributed by atoms with Crippen LogP contribution in [0.1, 0.15) is 5.56 Å². The summed E-state index contributed by atoms with van der Waals surface area (Å²) in [7, 11) is 0. The van der Waals surface area contributed by atoms with Crippen molar-refractivity contribution in [1.29, 1.82) is 0 Å². The number of hydrogen-bond acceptors (Lipinski definition) is 2. The summed E-state index contributed by atoms with van der Waals surface area (Å²) in [5, 5.41) is 9.87. The minimum absolute atomic E-state index is 0.115. The first-order valence-corrected chi connectivity index (χ1v) is 6.93. The Labute approximate surface area is 115 Å². The van der Waals surface area contributed by atoms with Crippen LogP contribution in [-0.4, -0.2) is 17.0 Å². The van der Waals surface area contributed by atoms with Gasteiger partial charge in [0.25, 0.3) is 0 Å². The molecule has 1 N–H and O–H groups in total. The Morgan fingerprint density at radius 2 is 1.79 bits per heavy atom. The zero-order chi connectivity index (χ0) is 13.7. The van der Waals surface area contributed by atoms with Gasteiger partial charge in [0.1, 0.15) is 11.6 Å². The van der Waals surface area contributed by atoms with Crippen LogP contribution in [0.25, 0.3) is 0 Å². The summed E-state index contributed by atoms with van der Waals surface area (Å²) in [4.78, 5) is 1.04. The zero-order valence-electron chi connectivity index (χ0n) is 10.2. The van der Waals surface area contributed by atoms with Crippen LogP contribution in [0.15, 0.2) is 53.4 Å². The summed E-state index contributed by atoms with van der Waals surface area (Å²) in [5.74, 6) is -0.524. The third kappa shape index (κ3) is 4.33. The maximum Gasteiger partial charge on any atom is 0.126 e. The molecule has 0 bridgehead atoms. The third-order valence-corrected chi connectivity index (χ3v) is 3.81. The van der Waals surface area contributed by atoms with Gasteiger partial charge in [-0.3, -0.25) is 0 Å². The number of thioether (sulfide) groups is 1. The van der Waals surface area contributed by atoms with Gasteiger partial charge < -0.3 is 5.11 Å². The van der Waals surface area contributed by atoms with Crippen LogP contribution >= 0.6 is 11.8 Å². The maximum atomic E-state index is 13.4. The predicted molar refractivity (Wildman–Crippen MR) is 73.2 cm³/mol. The average Bonchev–Trinajstić information content (AvgIpc) is 2.42. The first-order valence-electron chi connectivity index (χ1n) is 5.95. The summed E-state index contributed by atoms with van der Waals surface area (Å²) in [6.45, 7) is 0. The monoisotopic (exact) mass is 280 g/mol. The molecule has 19 heavy (non-hydrogen) atoms. The molecule has 0 aliphatic heterocycles. The molecular formula is C15H14F2OS. The molecule has 0 spiro atoms. The van der Waals surface area contributed by atoms with Gasteiger partial charge >= 0.3 is 0 Å². The SMILES string of the molecule is OC(CSc1ccccc1)Cc1cc(F)ccc1F. The Hall–Kier alpha value is -1.39. The van der Waals surface area contributed by atoms with Crippen molar-refractivity contribution in [3.8, 4) is 0 Å². The van der Waals surface area contributed by atoms with E-state index in [1.54, 1.807) is 0 Å². The molecule has 0 fully saturated rings. The number of hydrogen-bond donors (Lipinski definition) is 1. The molecule has 0 aliphatic carbocycles. The molecule has 0 saturated heterocycles. The van der Waals surface area contributed by atoms with Gasteiger partial charge in [-0.2, -0.15) is 0 Å². The number of halogens is 2. The van der Waals surface area contributed by atoms with Gasteiger partial charge in [0.05, 0.1) is 6.10 Å². The van der Waals surface area contributed by atoms with Crippen molar-refractivity contribution in [2.24, 2.45) is 0 Å². The Morgan fingerprint density at radius 1 is 1.05 bits per heavy atom. The van der Waals surface area contributed by atoms with Crippen molar-refractivity contribution in [2.45, 2.75) is 17.4 Å². The van der Waals surface area contributed by atoms with Crippen molar-refractivity contribution in [3.05, 3.63) is 65.7 Å². The second kappa shape index (κ2) is 6.68. The highest BCUT2D eigenvalue weighted by atomic mass is 32.2. The first-order chi connectivity index (χ1) is 9.15. The maximum absolute atomic E-state index is 13.4. The van der Waals surface area contributed by atoms with E-state index in [9.17, 15) is 13.9 Å². The minimum Gasteiger partial charge on any atom is -0.392 e. The highest BCUT2D eigenvalue weighted by Gasteiger charge is 2.11. The van der Waals surface area contributed by atoms with Gasteiger partial charge in [-0.05, 0) is 35.9 Å². The molecule has 0 aromatic heterocycles. The highest BCUT2D eigenvalue weighted by Crippen LogP contribution is 2.20. The highest BCUT2D eigenvalue weighted by molar-refractivity contribution is 7.99. The average molecular weight is 280 g/mol. The zero-order valence-corrected chi connectivity index (χ0v) is 11.0. The molecule has 1 nitrogen and oxygen atoms in total. The molecule has 0 aliphatic rings. The molecule has 0 amide bonds. The summed E-state index contributed by atoms with van der Waals surface area (Å²) in [6.07, 6.45) is -0.592. The lowest BCUT2D eigenvalue weighted by molar-refractivity contribution is 0.198. The van der Waals surface area contributed by atoms with E-state index in [4.69, 9.17) is 0 Å². The summed E-state index contributed by atoms with van der Waals surface area (Å²) < 4.78 is 26.4. The van der Waals surface area contributed by atoms with E-state index in [1.165, 1.54) is 11.8 Å². The van der Waals surface area contributed by atoms with E-state index in [-0.39, 0.29) is 12.0 Å². The molecule has 1 unspecified atom stereocenters. The van der Waals surface area contributed by atoms with Gasteiger partial charge in [-0.15, -0.1) is 11.8 Å². The summed E-state index contributed by atoms with van der Waals surface area (Å²) in [6, 6.07) is 12.9. The Kier molecular flexibility index (Phi) is 4.93. The van der Waals surface area contributed by atoms with E-state index in [1.807, 2.05) is 30.3 Å². The predicted octanol–water partition coefficient (Wildman–Crippen LogP) is 3.66. The van der Waals surface area contributed by atoms with Crippen LogP contribution in [0.2, 0.25) is 0 Å². The van der Waals surface area contributed by atoms with E-state index >= 15 is 0 Å². The number of aliphatic hydroxyl groups excluding tert-OH is 1. The van der Waals surface area contributed by atoms with Gasteiger partial charge in [0, 0.05) is 17.1 Å². The standard InChI is InChI=1S/C15H14F2OS/c16-12-6-7-15(17)11(8-12)9-13(18)10-19-14-4-2-1-3-5-14/h1-8,13,18H,9-10H2. The molecule has 2 aromatic rings. The smallest absolute Gasteiger partial charge is 0.126 e. The molecule has 0 heterocycles. The molecule has 2 aromatic carbocycles. The lowest BCUT2D eigenvalue weighted by Crippen LogP contribution is -2.14. The minimum atomic E-state index is -0.707. The molecule has 100 valence electrons. The normalized spacial score (nSPS) is 12.4. The van der Waals surface area contributed by atoms with Crippen molar-refractivity contribution in [1.82, 2.24) is 0 Å². The summed E-state index contributed by atoms with van der Waals surface area (Å²) >= 11 is 1.49. The first kappa shape index (κ1) is 14.0. The lowest BCUT2D eigenvalue weighted by atomic mass is 10.1. The fourth-order valence-corrected chi connectivity index (χ4v) is 2.57. The van der Waals surface area contributed by atoms with Gasteiger partial charge in [-0.25, -0.2) is 8.78 Å². The molecule has 0 saturated carbocycles. The Morgan fingerprint density at radius 3 is 2.53 bits per heavy atom.